The Hall–Kier alpha value is -1.07. The Balaban J connectivity index is 2.15. The van der Waals surface area contributed by atoms with E-state index in [1.54, 1.807) is 12.1 Å². The molecule has 0 aromatic heterocycles. The largest absolute Gasteiger partial charge is 0.416 e. The van der Waals surface area contributed by atoms with Gasteiger partial charge in [0.15, 0.2) is 0 Å². The van der Waals surface area contributed by atoms with Gasteiger partial charge in [0.2, 0.25) is 0 Å². The predicted octanol–water partition coefficient (Wildman–Crippen LogP) is 3.05. The van der Waals surface area contributed by atoms with E-state index in [1.165, 1.54) is 0 Å². The van der Waals surface area contributed by atoms with Gasteiger partial charge in [-0.15, -0.1) is 0 Å². The summed E-state index contributed by atoms with van der Waals surface area (Å²) in [6.45, 7) is 4.53. The fourth-order valence-electron chi connectivity index (χ4n) is 2.64. The van der Waals surface area contributed by atoms with Crippen molar-refractivity contribution < 1.29 is 13.2 Å². The first-order valence-corrected chi connectivity index (χ1v) is 6.53. The van der Waals surface area contributed by atoms with Crippen LogP contribution in [0.3, 0.4) is 0 Å². The zero-order valence-corrected chi connectivity index (χ0v) is 11.0. The Bertz CT molecular complexity index is 414. The van der Waals surface area contributed by atoms with E-state index in [4.69, 9.17) is 5.73 Å². The average molecular weight is 272 g/mol. The molecule has 0 bridgehead atoms. The highest BCUT2D eigenvalue weighted by molar-refractivity contribution is 5.27. The van der Waals surface area contributed by atoms with Crippen LogP contribution < -0.4 is 5.73 Å². The van der Waals surface area contributed by atoms with E-state index in [9.17, 15) is 13.2 Å². The monoisotopic (exact) mass is 272 g/mol. The Morgan fingerprint density at radius 2 is 1.95 bits per heavy atom. The van der Waals surface area contributed by atoms with Gasteiger partial charge < -0.3 is 5.73 Å². The smallest absolute Gasteiger partial charge is 0.329 e. The number of hydrogen-bond acceptors (Lipinski definition) is 2. The van der Waals surface area contributed by atoms with E-state index in [2.05, 4.69) is 11.8 Å². The Kier molecular flexibility index (Phi) is 4.16. The van der Waals surface area contributed by atoms with Crippen molar-refractivity contribution in [3.63, 3.8) is 0 Å². The standard InChI is InChI=1S/C14H19F3N2/c1-10-6-7-19(9-10)13(8-18)11-2-4-12(5-3-11)14(15,16)17/h2-5,10,13H,6-9,18H2,1H3. The second-order valence-corrected chi connectivity index (χ2v) is 5.26. The molecule has 1 heterocycles. The van der Waals surface area contributed by atoms with Crippen molar-refractivity contribution in [2.24, 2.45) is 11.7 Å². The molecule has 2 nitrogen and oxygen atoms in total. The van der Waals surface area contributed by atoms with Crippen molar-refractivity contribution in [1.29, 1.82) is 0 Å². The van der Waals surface area contributed by atoms with Gasteiger partial charge in [0.1, 0.15) is 0 Å². The quantitative estimate of drug-likeness (QED) is 0.916. The minimum atomic E-state index is -4.28. The lowest BCUT2D eigenvalue weighted by molar-refractivity contribution is -0.137. The topological polar surface area (TPSA) is 29.3 Å². The molecule has 1 aromatic rings. The minimum absolute atomic E-state index is 0.0206. The van der Waals surface area contributed by atoms with E-state index in [1.807, 2.05) is 0 Å². The second-order valence-electron chi connectivity index (χ2n) is 5.26. The Labute approximate surface area is 111 Å². The van der Waals surface area contributed by atoms with Crippen molar-refractivity contribution in [3.05, 3.63) is 35.4 Å². The molecule has 0 aliphatic carbocycles. The van der Waals surface area contributed by atoms with Crippen LogP contribution in [0.2, 0.25) is 0 Å². The SMILES string of the molecule is CC1CCN(C(CN)c2ccc(C(F)(F)F)cc2)C1. The maximum atomic E-state index is 12.5. The van der Waals surface area contributed by atoms with Crippen molar-refractivity contribution >= 4 is 0 Å². The molecule has 1 aliphatic heterocycles. The minimum Gasteiger partial charge on any atom is -0.329 e. The zero-order chi connectivity index (χ0) is 14.0. The highest BCUT2D eigenvalue weighted by atomic mass is 19.4. The summed E-state index contributed by atoms with van der Waals surface area (Å²) in [7, 11) is 0. The molecular weight excluding hydrogens is 253 g/mol. The molecule has 19 heavy (non-hydrogen) atoms. The summed E-state index contributed by atoms with van der Waals surface area (Å²) in [5.74, 6) is 0.628. The fourth-order valence-corrected chi connectivity index (χ4v) is 2.64. The molecule has 0 radical (unpaired) electrons. The van der Waals surface area contributed by atoms with Gasteiger partial charge in [0, 0.05) is 19.1 Å². The summed E-state index contributed by atoms with van der Waals surface area (Å²) in [6.07, 6.45) is -3.16. The van der Waals surface area contributed by atoms with Gasteiger partial charge in [-0.1, -0.05) is 19.1 Å². The number of nitrogens with two attached hydrogens (primary N) is 1. The lowest BCUT2D eigenvalue weighted by Crippen LogP contribution is -2.32. The van der Waals surface area contributed by atoms with E-state index >= 15 is 0 Å². The molecule has 106 valence electrons. The molecule has 0 saturated carbocycles. The van der Waals surface area contributed by atoms with E-state index < -0.39 is 11.7 Å². The molecule has 1 saturated heterocycles. The van der Waals surface area contributed by atoms with E-state index in [-0.39, 0.29) is 6.04 Å². The van der Waals surface area contributed by atoms with Gasteiger partial charge in [-0.05, 0) is 36.6 Å². The van der Waals surface area contributed by atoms with Gasteiger partial charge >= 0.3 is 6.18 Å². The summed E-state index contributed by atoms with van der Waals surface area (Å²) >= 11 is 0. The summed E-state index contributed by atoms with van der Waals surface area (Å²) in [6, 6.07) is 5.38. The molecule has 5 heteroatoms. The van der Waals surface area contributed by atoms with Crippen LogP contribution in [0.4, 0.5) is 13.2 Å². The van der Waals surface area contributed by atoms with Crippen LogP contribution in [0.25, 0.3) is 0 Å². The van der Waals surface area contributed by atoms with Gasteiger partial charge in [-0.3, -0.25) is 4.90 Å². The molecule has 1 aromatic carbocycles. The number of rotatable bonds is 3. The number of nitrogens with zero attached hydrogens (tertiary/aromatic N) is 1. The molecule has 0 amide bonds. The normalized spacial score (nSPS) is 22.7. The van der Waals surface area contributed by atoms with Gasteiger partial charge in [0.05, 0.1) is 5.56 Å². The summed E-state index contributed by atoms with van der Waals surface area (Å²) < 4.78 is 37.6. The third-order valence-electron chi connectivity index (χ3n) is 3.74. The van der Waals surface area contributed by atoms with Gasteiger partial charge in [0.25, 0.3) is 0 Å². The first-order chi connectivity index (χ1) is 8.91. The molecule has 2 atom stereocenters. The van der Waals surface area contributed by atoms with Crippen LogP contribution >= 0.6 is 0 Å². The van der Waals surface area contributed by atoms with Gasteiger partial charge in [-0.2, -0.15) is 13.2 Å². The lowest BCUT2D eigenvalue weighted by Gasteiger charge is -2.27. The zero-order valence-electron chi connectivity index (χ0n) is 11.0. The predicted molar refractivity (Wildman–Crippen MR) is 68.6 cm³/mol. The van der Waals surface area contributed by atoms with Crippen LogP contribution in [-0.2, 0) is 6.18 Å². The third kappa shape index (κ3) is 3.28. The van der Waals surface area contributed by atoms with Crippen molar-refractivity contribution in [2.45, 2.75) is 25.6 Å². The van der Waals surface area contributed by atoms with E-state index in [0.29, 0.717) is 12.5 Å². The molecule has 2 N–H and O–H groups in total. The molecular formula is C14H19F3N2. The van der Waals surface area contributed by atoms with Crippen LogP contribution in [-0.4, -0.2) is 24.5 Å². The number of hydrogen-bond donors (Lipinski definition) is 1. The molecule has 1 fully saturated rings. The molecule has 0 spiro atoms. The number of alkyl halides is 3. The Morgan fingerprint density at radius 1 is 1.32 bits per heavy atom. The summed E-state index contributed by atoms with van der Waals surface area (Å²) in [4.78, 5) is 2.26. The van der Waals surface area contributed by atoms with Crippen LogP contribution in [0.15, 0.2) is 24.3 Å². The maximum Gasteiger partial charge on any atom is 0.416 e. The average Bonchev–Trinajstić information content (AvgIpc) is 2.76. The summed E-state index contributed by atoms with van der Waals surface area (Å²) in [5, 5.41) is 0. The van der Waals surface area contributed by atoms with Crippen molar-refractivity contribution in [3.8, 4) is 0 Å². The van der Waals surface area contributed by atoms with E-state index in [0.717, 1.165) is 37.2 Å². The number of likely N-dealkylation sites (tertiary alicyclic amines) is 1. The third-order valence-corrected chi connectivity index (χ3v) is 3.74. The highest BCUT2D eigenvalue weighted by Crippen LogP contribution is 2.32. The fraction of sp³-hybridized carbons (Fsp3) is 0.571. The van der Waals surface area contributed by atoms with Crippen LogP contribution in [0.1, 0.15) is 30.5 Å². The van der Waals surface area contributed by atoms with Gasteiger partial charge in [-0.25, -0.2) is 0 Å². The van der Waals surface area contributed by atoms with Crippen LogP contribution in [0.5, 0.6) is 0 Å². The highest BCUT2D eigenvalue weighted by Gasteiger charge is 2.31. The number of benzene rings is 1. The van der Waals surface area contributed by atoms with Crippen molar-refractivity contribution in [2.75, 3.05) is 19.6 Å². The second kappa shape index (κ2) is 5.51. The molecule has 1 aliphatic rings. The first kappa shape index (κ1) is 14.3. The maximum absolute atomic E-state index is 12.5. The lowest BCUT2D eigenvalue weighted by atomic mass is 10.0. The molecule has 2 rings (SSSR count). The Morgan fingerprint density at radius 3 is 2.37 bits per heavy atom. The molecule has 2 unspecified atom stereocenters. The summed E-state index contributed by atoms with van der Waals surface area (Å²) in [5.41, 5.74) is 6.05. The number of halogens is 3. The first-order valence-electron chi connectivity index (χ1n) is 6.53. The van der Waals surface area contributed by atoms with Crippen LogP contribution in [0, 0.1) is 5.92 Å². The van der Waals surface area contributed by atoms with Crippen molar-refractivity contribution in [1.82, 2.24) is 4.90 Å².